The lowest BCUT2D eigenvalue weighted by molar-refractivity contribution is 0.617. The molecule has 0 bridgehead atoms. The minimum Gasteiger partial charge on any atom is -0.204 e. The third-order valence-corrected chi connectivity index (χ3v) is 3.13. The van der Waals surface area contributed by atoms with E-state index >= 15 is 0 Å². The zero-order chi connectivity index (χ0) is 8.72. The van der Waals surface area contributed by atoms with Gasteiger partial charge in [-0.05, 0) is 24.4 Å². The molecule has 1 aromatic heterocycles. The van der Waals surface area contributed by atoms with E-state index in [9.17, 15) is 4.39 Å². The zero-order valence-electron chi connectivity index (χ0n) is 6.47. The Morgan fingerprint density at radius 3 is 2.92 bits per heavy atom. The van der Waals surface area contributed by atoms with Crippen molar-refractivity contribution in [1.29, 1.82) is 0 Å². The van der Waals surface area contributed by atoms with Gasteiger partial charge in [0.2, 0.25) is 0 Å². The van der Waals surface area contributed by atoms with Crippen molar-refractivity contribution in [3.8, 4) is 0 Å². The van der Waals surface area contributed by atoms with Crippen molar-refractivity contribution in [1.82, 2.24) is 0 Å². The maximum atomic E-state index is 13.3. The molecule has 0 saturated heterocycles. The van der Waals surface area contributed by atoms with Gasteiger partial charge >= 0.3 is 0 Å². The average Bonchev–Trinajstić information content (AvgIpc) is 2.39. The van der Waals surface area contributed by atoms with Gasteiger partial charge in [-0.25, -0.2) is 4.39 Å². The summed E-state index contributed by atoms with van der Waals surface area (Å²) in [6.07, 6.45) is 0. The predicted molar refractivity (Wildman–Crippen MR) is 53.8 cm³/mol. The fourth-order valence-electron chi connectivity index (χ4n) is 1.19. The standard InChI is InChI=1S/C9H7FS2/c1-5-4-6-2-3-7(11)8(10)9(6)12-5/h2-4,11H,1H3. The monoisotopic (exact) mass is 198 g/mol. The summed E-state index contributed by atoms with van der Waals surface area (Å²) in [7, 11) is 0. The summed E-state index contributed by atoms with van der Waals surface area (Å²) in [4.78, 5) is 1.55. The second kappa shape index (κ2) is 2.75. The van der Waals surface area contributed by atoms with Crippen LogP contribution < -0.4 is 0 Å². The third-order valence-electron chi connectivity index (χ3n) is 1.73. The average molecular weight is 198 g/mol. The fraction of sp³-hybridized carbons (Fsp3) is 0.111. The molecule has 62 valence electrons. The Morgan fingerprint density at radius 1 is 1.42 bits per heavy atom. The van der Waals surface area contributed by atoms with E-state index in [0.29, 0.717) is 9.60 Å². The van der Waals surface area contributed by atoms with Gasteiger partial charge in [0, 0.05) is 9.77 Å². The smallest absolute Gasteiger partial charge is 0.154 e. The van der Waals surface area contributed by atoms with Crippen LogP contribution >= 0.6 is 24.0 Å². The van der Waals surface area contributed by atoms with E-state index in [-0.39, 0.29) is 5.82 Å². The highest BCUT2D eigenvalue weighted by Crippen LogP contribution is 2.30. The van der Waals surface area contributed by atoms with Gasteiger partial charge in [-0.1, -0.05) is 6.07 Å². The number of aryl methyl sites for hydroxylation is 1. The predicted octanol–water partition coefficient (Wildman–Crippen LogP) is 3.64. The highest BCUT2D eigenvalue weighted by Gasteiger charge is 2.06. The van der Waals surface area contributed by atoms with Crippen molar-refractivity contribution >= 4 is 34.1 Å². The van der Waals surface area contributed by atoms with Crippen molar-refractivity contribution < 1.29 is 4.39 Å². The van der Waals surface area contributed by atoms with Crippen molar-refractivity contribution in [3.63, 3.8) is 0 Å². The molecular formula is C9H7FS2. The van der Waals surface area contributed by atoms with Crippen LogP contribution in [0, 0.1) is 12.7 Å². The van der Waals surface area contributed by atoms with E-state index in [0.717, 1.165) is 10.3 Å². The minimum absolute atomic E-state index is 0.200. The summed E-state index contributed by atoms with van der Waals surface area (Å²) in [6, 6.07) is 5.56. The molecule has 0 amide bonds. The van der Waals surface area contributed by atoms with E-state index < -0.39 is 0 Å². The molecule has 0 N–H and O–H groups in total. The van der Waals surface area contributed by atoms with Gasteiger partial charge in [0.1, 0.15) is 0 Å². The van der Waals surface area contributed by atoms with Crippen molar-refractivity contribution in [2.45, 2.75) is 11.8 Å². The van der Waals surface area contributed by atoms with Gasteiger partial charge in [0.25, 0.3) is 0 Å². The molecule has 12 heavy (non-hydrogen) atoms. The number of rotatable bonds is 0. The number of hydrogen-bond donors (Lipinski definition) is 1. The van der Waals surface area contributed by atoms with Gasteiger partial charge in [-0.2, -0.15) is 0 Å². The molecule has 0 unspecified atom stereocenters. The lowest BCUT2D eigenvalue weighted by Gasteiger charge is -1.94. The fourth-order valence-corrected chi connectivity index (χ4v) is 2.40. The Hall–Kier alpha value is -0.540. The Morgan fingerprint density at radius 2 is 2.17 bits per heavy atom. The van der Waals surface area contributed by atoms with Crippen LogP contribution in [0.3, 0.4) is 0 Å². The Bertz CT molecular complexity index is 431. The summed E-state index contributed by atoms with van der Waals surface area (Å²) in [6.45, 7) is 1.97. The molecule has 0 aliphatic rings. The van der Waals surface area contributed by atoms with Gasteiger partial charge in [-0.3, -0.25) is 0 Å². The molecule has 2 rings (SSSR count). The van der Waals surface area contributed by atoms with E-state index in [4.69, 9.17) is 0 Å². The van der Waals surface area contributed by atoms with Crippen LogP contribution in [-0.4, -0.2) is 0 Å². The number of thiol groups is 1. The second-order valence-electron chi connectivity index (χ2n) is 2.67. The molecule has 0 fully saturated rings. The van der Waals surface area contributed by atoms with Crippen LogP contribution in [0.5, 0.6) is 0 Å². The molecule has 0 spiro atoms. The first-order valence-corrected chi connectivity index (χ1v) is 4.82. The molecule has 1 aromatic carbocycles. The quantitative estimate of drug-likeness (QED) is 0.614. The second-order valence-corrected chi connectivity index (χ2v) is 4.41. The van der Waals surface area contributed by atoms with Crippen LogP contribution in [0.15, 0.2) is 23.1 Å². The molecule has 0 aliphatic carbocycles. The summed E-state index contributed by atoms with van der Waals surface area (Å²) in [5.41, 5.74) is 0. The maximum Gasteiger partial charge on any atom is 0.154 e. The van der Waals surface area contributed by atoms with Crippen LogP contribution in [0.25, 0.3) is 10.1 Å². The maximum absolute atomic E-state index is 13.3. The topological polar surface area (TPSA) is 0 Å². The summed E-state index contributed by atoms with van der Waals surface area (Å²) in [5.74, 6) is -0.200. The van der Waals surface area contributed by atoms with Crippen LogP contribution in [0.2, 0.25) is 0 Å². The molecular weight excluding hydrogens is 191 g/mol. The van der Waals surface area contributed by atoms with Gasteiger partial charge < -0.3 is 0 Å². The molecule has 0 aliphatic heterocycles. The van der Waals surface area contributed by atoms with E-state index in [2.05, 4.69) is 12.6 Å². The number of hydrogen-bond acceptors (Lipinski definition) is 2. The molecule has 3 heteroatoms. The lowest BCUT2D eigenvalue weighted by atomic mass is 10.2. The largest absolute Gasteiger partial charge is 0.204 e. The minimum atomic E-state index is -0.200. The van der Waals surface area contributed by atoms with Crippen LogP contribution in [0.4, 0.5) is 4.39 Å². The summed E-state index contributed by atoms with van der Waals surface area (Å²) >= 11 is 5.48. The van der Waals surface area contributed by atoms with Gasteiger partial charge in [0.05, 0.1) is 4.70 Å². The molecule has 0 saturated carbocycles. The highest BCUT2D eigenvalue weighted by atomic mass is 32.1. The highest BCUT2D eigenvalue weighted by molar-refractivity contribution is 7.80. The van der Waals surface area contributed by atoms with Crippen LogP contribution in [0.1, 0.15) is 4.88 Å². The van der Waals surface area contributed by atoms with Crippen molar-refractivity contribution in [2.24, 2.45) is 0 Å². The normalized spacial score (nSPS) is 10.9. The Labute approximate surface area is 79.4 Å². The number of halogens is 1. The summed E-state index contributed by atoms with van der Waals surface area (Å²) in [5, 5.41) is 0.966. The van der Waals surface area contributed by atoms with Crippen molar-refractivity contribution in [2.75, 3.05) is 0 Å². The molecule has 1 heterocycles. The molecule has 2 aromatic rings. The van der Waals surface area contributed by atoms with Gasteiger partial charge in [-0.15, -0.1) is 24.0 Å². The third kappa shape index (κ3) is 1.13. The first-order valence-electron chi connectivity index (χ1n) is 3.56. The SMILES string of the molecule is Cc1cc2ccc(S)c(F)c2s1. The number of thiophene rings is 1. The van der Waals surface area contributed by atoms with Crippen molar-refractivity contribution in [3.05, 3.63) is 28.9 Å². The lowest BCUT2D eigenvalue weighted by Crippen LogP contribution is -1.75. The Kier molecular flexibility index (Phi) is 1.85. The molecule has 0 nitrogen and oxygen atoms in total. The summed E-state index contributed by atoms with van der Waals surface area (Å²) < 4.78 is 14.1. The van der Waals surface area contributed by atoms with E-state index in [1.54, 1.807) is 6.07 Å². The number of benzene rings is 1. The van der Waals surface area contributed by atoms with E-state index in [1.807, 2.05) is 19.1 Å². The molecule has 0 radical (unpaired) electrons. The molecule has 0 atom stereocenters. The van der Waals surface area contributed by atoms with Crippen LogP contribution in [-0.2, 0) is 0 Å². The van der Waals surface area contributed by atoms with E-state index in [1.165, 1.54) is 11.3 Å². The zero-order valence-corrected chi connectivity index (χ0v) is 8.18. The number of fused-ring (bicyclic) bond motifs is 1. The Balaban J connectivity index is 2.89. The first kappa shape index (κ1) is 8.08. The first-order chi connectivity index (χ1) is 5.68. The van der Waals surface area contributed by atoms with Gasteiger partial charge in [0.15, 0.2) is 5.82 Å².